The van der Waals surface area contributed by atoms with E-state index in [1.165, 1.54) is 15.5 Å². The van der Waals surface area contributed by atoms with Crippen molar-refractivity contribution in [3.8, 4) is 0 Å². The third-order valence-electron chi connectivity index (χ3n) is 5.52. The molecule has 0 saturated carbocycles. The second kappa shape index (κ2) is 6.92. The molecular weight excluding hydrogens is 326 g/mol. The summed E-state index contributed by atoms with van der Waals surface area (Å²) in [7, 11) is 0. The van der Waals surface area contributed by atoms with Crippen molar-refractivity contribution in [1.29, 1.82) is 0 Å². The van der Waals surface area contributed by atoms with Crippen molar-refractivity contribution >= 4 is 23.2 Å². The van der Waals surface area contributed by atoms with E-state index in [9.17, 15) is 9.59 Å². The Kier molecular flexibility index (Phi) is 4.47. The molecule has 2 amide bonds. The van der Waals surface area contributed by atoms with Gasteiger partial charge in [0.2, 0.25) is 5.91 Å². The zero-order valence-electron chi connectivity index (χ0n) is 15.0. The van der Waals surface area contributed by atoms with Gasteiger partial charge in [-0.25, -0.2) is 4.90 Å². The third-order valence-corrected chi connectivity index (χ3v) is 5.52. The van der Waals surface area contributed by atoms with E-state index in [2.05, 4.69) is 17.0 Å². The van der Waals surface area contributed by atoms with Gasteiger partial charge in [-0.2, -0.15) is 0 Å². The Balaban J connectivity index is 1.46. The first kappa shape index (κ1) is 16.8. The monoisotopic (exact) mass is 350 g/mol. The highest BCUT2D eigenvalue weighted by Gasteiger charge is 2.46. The highest BCUT2D eigenvalue weighted by atomic mass is 16.2. The Hall–Kier alpha value is -2.66. The molecule has 0 aromatic heterocycles. The van der Waals surface area contributed by atoms with E-state index in [0.717, 1.165) is 37.4 Å². The summed E-state index contributed by atoms with van der Waals surface area (Å²) in [5.74, 6) is -0.125. The number of hydrogen-bond donors (Lipinski definition) is 1. The van der Waals surface area contributed by atoms with Gasteiger partial charge in [-0.3, -0.25) is 9.59 Å². The number of anilines is 2. The van der Waals surface area contributed by atoms with Crippen molar-refractivity contribution in [2.24, 2.45) is 0 Å². The summed E-state index contributed by atoms with van der Waals surface area (Å²) in [5.41, 5.74) is 2.91. The lowest BCUT2D eigenvalue weighted by atomic mass is 10.1. The zero-order valence-corrected chi connectivity index (χ0v) is 15.0. The smallest absolute Gasteiger partial charge is 0.292 e. The lowest BCUT2D eigenvalue weighted by Crippen LogP contribution is -3.19. The van der Waals surface area contributed by atoms with E-state index in [0.29, 0.717) is 6.42 Å². The Morgan fingerprint density at radius 3 is 2.27 bits per heavy atom. The molecule has 0 unspecified atom stereocenters. The number of quaternary nitrogens is 1. The van der Waals surface area contributed by atoms with Gasteiger partial charge in [0.25, 0.3) is 5.91 Å². The molecule has 2 aromatic carbocycles. The number of carbonyl (C=O) groups excluding carboxylic acids is 2. The number of rotatable bonds is 3. The van der Waals surface area contributed by atoms with Gasteiger partial charge in [-0.15, -0.1) is 0 Å². The second-order valence-corrected chi connectivity index (χ2v) is 7.09. The van der Waals surface area contributed by atoms with Crippen molar-refractivity contribution in [3.63, 3.8) is 0 Å². The molecule has 2 saturated heterocycles. The predicted molar refractivity (Wildman–Crippen MR) is 101 cm³/mol. The number of hydrogen-bond acceptors (Lipinski definition) is 3. The standard InChI is InChI=1S/C21H23N3O2/c1-16-7-5-6-10-18(16)24-20(25)15-19(21(24)26)23-13-11-22(12-14-23)17-8-3-2-4-9-17/h2-10,19H,11-15H2,1H3/p+1/t19-/m1/s1. The molecule has 2 fully saturated rings. The molecule has 2 aromatic rings. The van der Waals surface area contributed by atoms with E-state index in [4.69, 9.17) is 0 Å². The normalized spacial score (nSPS) is 21.5. The van der Waals surface area contributed by atoms with Gasteiger partial charge < -0.3 is 9.80 Å². The summed E-state index contributed by atoms with van der Waals surface area (Å²) < 4.78 is 0. The van der Waals surface area contributed by atoms with Crippen LogP contribution in [0, 0.1) is 6.92 Å². The van der Waals surface area contributed by atoms with Gasteiger partial charge in [0.15, 0.2) is 6.04 Å². The molecule has 26 heavy (non-hydrogen) atoms. The van der Waals surface area contributed by atoms with Gasteiger partial charge in [-0.05, 0) is 30.7 Å². The third kappa shape index (κ3) is 2.99. The first-order valence-electron chi connectivity index (χ1n) is 9.22. The van der Waals surface area contributed by atoms with Crippen molar-refractivity contribution in [3.05, 3.63) is 60.2 Å². The van der Waals surface area contributed by atoms with E-state index in [1.807, 2.05) is 49.4 Å². The van der Waals surface area contributed by atoms with Crippen molar-refractivity contribution < 1.29 is 14.5 Å². The maximum Gasteiger partial charge on any atom is 0.292 e. The number of imide groups is 1. The zero-order chi connectivity index (χ0) is 18.1. The average Bonchev–Trinajstić information content (AvgIpc) is 2.97. The number of nitrogens with one attached hydrogen (secondary N) is 1. The minimum absolute atomic E-state index is 0.0486. The van der Waals surface area contributed by atoms with Crippen molar-refractivity contribution in [2.75, 3.05) is 36.0 Å². The molecule has 0 bridgehead atoms. The van der Waals surface area contributed by atoms with E-state index in [-0.39, 0.29) is 17.9 Å². The summed E-state index contributed by atoms with van der Waals surface area (Å²) in [6, 6.07) is 17.7. The van der Waals surface area contributed by atoms with Crippen LogP contribution in [0.25, 0.3) is 0 Å². The summed E-state index contributed by atoms with van der Waals surface area (Å²) in [6.45, 7) is 5.50. The Morgan fingerprint density at radius 1 is 0.923 bits per heavy atom. The van der Waals surface area contributed by atoms with Crippen LogP contribution in [0.1, 0.15) is 12.0 Å². The van der Waals surface area contributed by atoms with Crippen LogP contribution in [-0.4, -0.2) is 44.0 Å². The van der Waals surface area contributed by atoms with Crippen LogP contribution in [0.2, 0.25) is 0 Å². The Bertz CT molecular complexity index is 813. The van der Waals surface area contributed by atoms with Crippen LogP contribution in [0.3, 0.4) is 0 Å². The molecule has 0 radical (unpaired) electrons. The van der Waals surface area contributed by atoms with Gasteiger partial charge in [0.05, 0.1) is 38.3 Å². The number of carbonyl (C=O) groups is 2. The van der Waals surface area contributed by atoms with Crippen LogP contribution in [0.4, 0.5) is 11.4 Å². The van der Waals surface area contributed by atoms with Crippen LogP contribution in [0.15, 0.2) is 54.6 Å². The van der Waals surface area contributed by atoms with E-state index >= 15 is 0 Å². The van der Waals surface area contributed by atoms with Gasteiger partial charge >= 0.3 is 0 Å². The number of benzene rings is 2. The largest absolute Gasteiger partial charge is 0.360 e. The second-order valence-electron chi connectivity index (χ2n) is 7.09. The lowest BCUT2D eigenvalue weighted by molar-refractivity contribution is -0.915. The van der Waals surface area contributed by atoms with Crippen LogP contribution < -0.4 is 14.7 Å². The van der Waals surface area contributed by atoms with Crippen molar-refractivity contribution in [1.82, 2.24) is 0 Å². The predicted octanol–water partition coefficient (Wildman–Crippen LogP) is 1.03. The van der Waals surface area contributed by atoms with E-state index in [1.54, 1.807) is 0 Å². The molecule has 2 aliphatic heterocycles. The molecule has 2 aliphatic rings. The molecule has 1 N–H and O–H groups in total. The van der Waals surface area contributed by atoms with Gasteiger partial charge in [-0.1, -0.05) is 36.4 Å². The minimum Gasteiger partial charge on any atom is -0.360 e. The summed E-state index contributed by atoms with van der Waals surface area (Å²) in [5, 5.41) is 0. The summed E-state index contributed by atoms with van der Waals surface area (Å²) in [4.78, 5) is 30.5. The first-order valence-corrected chi connectivity index (χ1v) is 9.22. The topological polar surface area (TPSA) is 45.1 Å². The maximum absolute atomic E-state index is 13.0. The summed E-state index contributed by atoms with van der Waals surface area (Å²) >= 11 is 0. The fourth-order valence-electron chi connectivity index (χ4n) is 4.06. The number of amides is 2. The fraction of sp³-hybridized carbons (Fsp3) is 0.333. The highest BCUT2D eigenvalue weighted by molar-refractivity contribution is 6.22. The van der Waals surface area contributed by atoms with Crippen LogP contribution >= 0.6 is 0 Å². The molecule has 0 spiro atoms. The maximum atomic E-state index is 13.0. The van der Waals surface area contributed by atoms with Crippen LogP contribution in [-0.2, 0) is 9.59 Å². The molecule has 134 valence electrons. The number of para-hydroxylation sites is 2. The molecule has 2 heterocycles. The van der Waals surface area contributed by atoms with E-state index < -0.39 is 0 Å². The SMILES string of the molecule is Cc1ccccc1N1C(=O)C[C@@H]([NH+]2CCN(c3ccccc3)CC2)C1=O. The molecule has 1 atom stereocenters. The Labute approximate surface area is 153 Å². The fourth-order valence-corrected chi connectivity index (χ4v) is 4.06. The molecule has 0 aliphatic carbocycles. The van der Waals surface area contributed by atoms with Gasteiger partial charge in [0.1, 0.15) is 0 Å². The molecule has 4 rings (SSSR count). The van der Waals surface area contributed by atoms with Gasteiger partial charge in [0, 0.05) is 5.69 Å². The average molecular weight is 350 g/mol. The molecular formula is C21H24N3O2+. The number of aryl methyl sites for hydroxylation is 1. The Morgan fingerprint density at radius 2 is 1.58 bits per heavy atom. The number of nitrogens with zero attached hydrogens (tertiary/aromatic N) is 2. The number of piperazine rings is 1. The molecule has 5 heteroatoms. The first-order chi connectivity index (χ1) is 12.6. The van der Waals surface area contributed by atoms with Crippen molar-refractivity contribution in [2.45, 2.75) is 19.4 Å². The minimum atomic E-state index is -0.250. The van der Waals surface area contributed by atoms with Crippen LogP contribution in [0.5, 0.6) is 0 Å². The molecule has 5 nitrogen and oxygen atoms in total. The highest BCUT2D eigenvalue weighted by Crippen LogP contribution is 2.25. The summed E-state index contributed by atoms with van der Waals surface area (Å²) in [6.07, 6.45) is 0.313. The quantitative estimate of drug-likeness (QED) is 0.841. The lowest BCUT2D eigenvalue weighted by Gasteiger charge is -2.35.